The van der Waals surface area contributed by atoms with Crippen LogP contribution in [0.1, 0.15) is 29.9 Å². The number of benzene rings is 1. The summed E-state index contributed by atoms with van der Waals surface area (Å²) in [4.78, 5) is 23.6. The molecule has 1 unspecified atom stereocenters. The Hall–Kier alpha value is -1.59. The van der Waals surface area contributed by atoms with E-state index in [1.54, 1.807) is 0 Å². The molecule has 0 bridgehead atoms. The normalized spacial score (nSPS) is 12.6. The van der Waals surface area contributed by atoms with Crippen LogP contribution in [0.15, 0.2) is 24.3 Å². The highest BCUT2D eigenvalue weighted by atomic mass is 35.5. The molecular weight excluding hydrogens is 310 g/mol. The second-order valence-electron chi connectivity index (χ2n) is 5.16. The predicted molar refractivity (Wildman–Crippen MR) is 85.2 cm³/mol. The van der Waals surface area contributed by atoms with Crippen molar-refractivity contribution in [2.75, 3.05) is 0 Å². The zero-order valence-corrected chi connectivity index (χ0v) is 13.3. The number of thiophene rings is 1. The number of aliphatic carboxylic acids is 1. The van der Waals surface area contributed by atoms with Crippen LogP contribution in [-0.2, 0) is 4.79 Å². The van der Waals surface area contributed by atoms with Gasteiger partial charge in [-0.05, 0) is 12.0 Å². The van der Waals surface area contributed by atoms with Crippen LogP contribution < -0.4 is 5.32 Å². The number of rotatable bonds is 5. The molecule has 0 saturated carbocycles. The number of fused-ring (bicyclic) bond motifs is 1. The minimum atomic E-state index is -0.934. The molecule has 21 heavy (non-hydrogen) atoms. The summed E-state index contributed by atoms with van der Waals surface area (Å²) in [7, 11) is 0. The first-order chi connectivity index (χ1) is 9.90. The summed E-state index contributed by atoms with van der Waals surface area (Å²) in [5.41, 5.74) is 0. The number of nitrogens with one attached hydrogen (secondary N) is 1. The van der Waals surface area contributed by atoms with E-state index in [-0.39, 0.29) is 18.2 Å². The maximum absolute atomic E-state index is 12.4. The molecule has 0 fully saturated rings. The summed E-state index contributed by atoms with van der Waals surface area (Å²) in [5.74, 6) is -1.23. The molecule has 1 amide bonds. The van der Waals surface area contributed by atoms with Gasteiger partial charge in [0.15, 0.2) is 0 Å². The number of hydrogen-bond acceptors (Lipinski definition) is 3. The molecule has 6 heteroatoms. The molecular formula is C15H16ClNO3S. The second kappa shape index (κ2) is 6.45. The molecule has 0 aliphatic rings. The van der Waals surface area contributed by atoms with Crippen LogP contribution in [0.2, 0.25) is 5.02 Å². The molecule has 2 rings (SSSR count). The van der Waals surface area contributed by atoms with Gasteiger partial charge in [-0.1, -0.05) is 43.6 Å². The van der Waals surface area contributed by atoms with E-state index in [0.29, 0.717) is 9.90 Å². The van der Waals surface area contributed by atoms with Gasteiger partial charge in [-0.15, -0.1) is 11.3 Å². The summed E-state index contributed by atoms with van der Waals surface area (Å²) < 4.78 is 0.937. The molecule has 1 heterocycles. The SMILES string of the molecule is CC(C)C(CC(=O)O)NC(=O)c1sc2ccccc2c1Cl. The minimum Gasteiger partial charge on any atom is -0.481 e. The quantitative estimate of drug-likeness (QED) is 0.879. The molecule has 1 aromatic carbocycles. The second-order valence-corrected chi connectivity index (χ2v) is 6.59. The van der Waals surface area contributed by atoms with E-state index in [2.05, 4.69) is 5.32 Å². The fourth-order valence-corrected chi connectivity index (χ4v) is 3.46. The van der Waals surface area contributed by atoms with Gasteiger partial charge in [0.05, 0.1) is 11.4 Å². The van der Waals surface area contributed by atoms with Gasteiger partial charge in [0.2, 0.25) is 0 Å². The van der Waals surface area contributed by atoms with Crippen LogP contribution >= 0.6 is 22.9 Å². The van der Waals surface area contributed by atoms with E-state index in [1.807, 2.05) is 38.1 Å². The van der Waals surface area contributed by atoms with Crippen molar-refractivity contribution in [2.24, 2.45) is 5.92 Å². The van der Waals surface area contributed by atoms with Gasteiger partial charge in [0, 0.05) is 16.1 Å². The van der Waals surface area contributed by atoms with Gasteiger partial charge in [-0.3, -0.25) is 9.59 Å². The third-order valence-corrected chi connectivity index (χ3v) is 4.93. The summed E-state index contributed by atoms with van der Waals surface area (Å²) >= 11 is 7.57. The molecule has 4 nitrogen and oxygen atoms in total. The van der Waals surface area contributed by atoms with Crippen LogP contribution in [0, 0.1) is 5.92 Å². The van der Waals surface area contributed by atoms with Gasteiger partial charge in [0.25, 0.3) is 5.91 Å². The summed E-state index contributed by atoms with van der Waals surface area (Å²) in [6.45, 7) is 3.75. The van der Waals surface area contributed by atoms with Gasteiger partial charge in [0.1, 0.15) is 4.88 Å². The van der Waals surface area contributed by atoms with Crippen molar-refractivity contribution in [3.8, 4) is 0 Å². The lowest BCUT2D eigenvalue weighted by molar-refractivity contribution is -0.137. The van der Waals surface area contributed by atoms with Crippen molar-refractivity contribution in [3.63, 3.8) is 0 Å². The van der Waals surface area contributed by atoms with Crippen molar-refractivity contribution in [1.82, 2.24) is 5.32 Å². The fraction of sp³-hybridized carbons (Fsp3) is 0.333. The zero-order chi connectivity index (χ0) is 15.6. The topological polar surface area (TPSA) is 66.4 Å². The molecule has 0 radical (unpaired) electrons. The van der Waals surface area contributed by atoms with Crippen molar-refractivity contribution in [1.29, 1.82) is 0 Å². The minimum absolute atomic E-state index is 0.0261. The highest BCUT2D eigenvalue weighted by Gasteiger charge is 2.23. The maximum Gasteiger partial charge on any atom is 0.305 e. The number of halogens is 1. The first-order valence-electron chi connectivity index (χ1n) is 6.59. The molecule has 1 atom stereocenters. The lowest BCUT2D eigenvalue weighted by atomic mass is 10.0. The van der Waals surface area contributed by atoms with E-state index < -0.39 is 12.0 Å². The van der Waals surface area contributed by atoms with E-state index in [4.69, 9.17) is 16.7 Å². The fourth-order valence-electron chi connectivity index (χ4n) is 2.04. The highest BCUT2D eigenvalue weighted by Crippen LogP contribution is 2.35. The third kappa shape index (κ3) is 3.54. The molecule has 2 aromatic rings. The van der Waals surface area contributed by atoms with Crippen LogP contribution in [0.4, 0.5) is 0 Å². The van der Waals surface area contributed by atoms with Crippen molar-refractivity contribution >= 4 is 44.9 Å². The van der Waals surface area contributed by atoms with E-state index in [0.717, 1.165) is 10.1 Å². The lowest BCUT2D eigenvalue weighted by Gasteiger charge is -2.20. The van der Waals surface area contributed by atoms with Crippen LogP contribution in [0.5, 0.6) is 0 Å². The maximum atomic E-state index is 12.4. The Labute approximate surface area is 131 Å². The van der Waals surface area contributed by atoms with Crippen LogP contribution in [0.3, 0.4) is 0 Å². The molecule has 112 valence electrons. The summed E-state index contributed by atoms with van der Waals surface area (Å²) in [6, 6.07) is 7.10. The van der Waals surface area contributed by atoms with Crippen molar-refractivity contribution in [2.45, 2.75) is 26.3 Å². The van der Waals surface area contributed by atoms with E-state index in [9.17, 15) is 9.59 Å². The van der Waals surface area contributed by atoms with E-state index >= 15 is 0 Å². The number of carboxylic acid groups (broad SMARTS) is 1. The average Bonchev–Trinajstić information content (AvgIpc) is 2.75. The molecule has 1 aromatic heterocycles. The number of amides is 1. The van der Waals surface area contributed by atoms with Crippen molar-refractivity contribution in [3.05, 3.63) is 34.2 Å². The predicted octanol–water partition coefficient (Wildman–Crippen LogP) is 3.78. The lowest BCUT2D eigenvalue weighted by Crippen LogP contribution is -2.39. The Morgan fingerprint density at radius 1 is 1.33 bits per heavy atom. The van der Waals surface area contributed by atoms with Crippen LogP contribution in [-0.4, -0.2) is 23.0 Å². The Morgan fingerprint density at radius 3 is 2.57 bits per heavy atom. The Kier molecular flexibility index (Phi) is 4.85. The number of carbonyl (C=O) groups excluding carboxylic acids is 1. The molecule has 2 N–H and O–H groups in total. The number of carboxylic acids is 1. The Balaban J connectivity index is 2.25. The van der Waals surface area contributed by atoms with E-state index in [1.165, 1.54) is 11.3 Å². The summed E-state index contributed by atoms with van der Waals surface area (Å²) in [5, 5.41) is 12.9. The Morgan fingerprint density at radius 2 is 2.00 bits per heavy atom. The molecule has 0 aliphatic carbocycles. The largest absolute Gasteiger partial charge is 0.481 e. The third-order valence-electron chi connectivity index (χ3n) is 3.26. The first-order valence-corrected chi connectivity index (χ1v) is 7.79. The average molecular weight is 326 g/mol. The Bertz CT molecular complexity index is 681. The monoisotopic (exact) mass is 325 g/mol. The molecule has 0 saturated heterocycles. The van der Waals surface area contributed by atoms with Gasteiger partial charge in [-0.2, -0.15) is 0 Å². The molecule has 0 spiro atoms. The van der Waals surface area contributed by atoms with Gasteiger partial charge < -0.3 is 10.4 Å². The smallest absolute Gasteiger partial charge is 0.305 e. The highest BCUT2D eigenvalue weighted by molar-refractivity contribution is 7.21. The first kappa shape index (κ1) is 15.8. The van der Waals surface area contributed by atoms with Crippen LogP contribution in [0.25, 0.3) is 10.1 Å². The zero-order valence-electron chi connectivity index (χ0n) is 11.7. The van der Waals surface area contributed by atoms with Gasteiger partial charge >= 0.3 is 5.97 Å². The number of hydrogen-bond donors (Lipinski definition) is 2. The standard InChI is InChI=1S/C15H16ClNO3S/c1-8(2)10(7-12(18)19)17-15(20)14-13(16)9-5-3-4-6-11(9)21-14/h3-6,8,10H,7H2,1-2H3,(H,17,20)(H,18,19). The number of carbonyl (C=O) groups is 2. The summed E-state index contributed by atoms with van der Waals surface area (Å²) in [6.07, 6.45) is -0.105. The molecule has 0 aliphatic heterocycles. The van der Waals surface area contributed by atoms with Crippen molar-refractivity contribution < 1.29 is 14.7 Å². The van der Waals surface area contributed by atoms with Gasteiger partial charge in [-0.25, -0.2) is 0 Å².